The van der Waals surface area contributed by atoms with Gasteiger partial charge in [-0.3, -0.25) is 4.79 Å². The van der Waals surface area contributed by atoms with Crippen LogP contribution in [0.25, 0.3) is 11.3 Å². The second-order valence-electron chi connectivity index (χ2n) is 5.53. The number of amides is 1. The van der Waals surface area contributed by atoms with Crippen molar-refractivity contribution in [3.05, 3.63) is 65.9 Å². The van der Waals surface area contributed by atoms with E-state index < -0.39 is 11.9 Å². The number of carbonyl (C=O) groups is 2. The van der Waals surface area contributed by atoms with Crippen LogP contribution in [-0.2, 0) is 4.74 Å². The van der Waals surface area contributed by atoms with E-state index in [0.717, 1.165) is 5.56 Å². The first-order valence-electron chi connectivity index (χ1n) is 8.31. The predicted molar refractivity (Wildman–Crippen MR) is 98.8 cm³/mol. The van der Waals surface area contributed by atoms with Crippen molar-refractivity contribution < 1.29 is 23.6 Å². The third-order valence-corrected chi connectivity index (χ3v) is 3.77. The Bertz CT molecular complexity index is 964. The second-order valence-corrected chi connectivity index (χ2v) is 5.53. The molecule has 0 unspecified atom stereocenters. The van der Waals surface area contributed by atoms with Crippen LogP contribution in [0.2, 0.25) is 0 Å². The minimum atomic E-state index is -0.509. The summed E-state index contributed by atoms with van der Waals surface area (Å²) in [7, 11) is 1.57. The highest BCUT2D eigenvalue weighted by molar-refractivity contribution is 6.07. The molecule has 27 heavy (non-hydrogen) atoms. The smallest absolute Gasteiger partial charge is 0.340 e. The van der Waals surface area contributed by atoms with E-state index in [1.807, 2.05) is 12.1 Å². The lowest BCUT2D eigenvalue weighted by molar-refractivity contribution is 0.0527. The van der Waals surface area contributed by atoms with Crippen molar-refractivity contribution >= 4 is 17.6 Å². The van der Waals surface area contributed by atoms with Gasteiger partial charge >= 0.3 is 5.97 Å². The van der Waals surface area contributed by atoms with Crippen molar-refractivity contribution in [1.82, 2.24) is 5.16 Å². The van der Waals surface area contributed by atoms with Gasteiger partial charge < -0.3 is 19.3 Å². The van der Waals surface area contributed by atoms with Gasteiger partial charge in [0.05, 0.1) is 25.0 Å². The first-order valence-corrected chi connectivity index (χ1v) is 8.31. The van der Waals surface area contributed by atoms with Crippen LogP contribution in [0.15, 0.2) is 59.1 Å². The van der Waals surface area contributed by atoms with Gasteiger partial charge in [-0.05, 0) is 31.2 Å². The molecule has 7 nitrogen and oxygen atoms in total. The van der Waals surface area contributed by atoms with Crippen LogP contribution in [-0.4, -0.2) is 30.7 Å². The summed E-state index contributed by atoms with van der Waals surface area (Å²) in [6.45, 7) is 1.96. The van der Waals surface area contributed by atoms with Crippen LogP contribution in [0.5, 0.6) is 5.75 Å². The molecule has 0 aliphatic rings. The van der Waals surface area contributed by atoms with Gasteiger partial charge in [-0.25, -0.2) is 4.79 Å². The average molecular weight is 366 g/mol. The lowest BCUT2D eigenvalue weighted by Crippen LogP contribution is -2.16. The number of anilines is 1. The van der Waals surface area contributed by atoms with E-state index >= 15 is 0 Å². The molecule has 138 valence electrons. The first kappa shape index (κ1) is 18.2. The number of ether oxygens (including phenoxy) is 2. The van der Waals surface area contributed by atoms with Gasteiger partial charge in [0.25, 0.3) is 5.91 Å². The third kappa shape index (κ3) is 4.14. The molecule has 0 aliphatic heterocycles. The number of aromatic nitrogens is 1. The first-order chi connectivity index (χ1) is 13.1. The Balaban J connectivity index is 1.80. The number of nitrogens with zero attached hydrogens (tertiary/aromatic N) is 1. The lowest BCUT2D eigenvalue weighted by Gasteiger charge is -2.09. The molecule has 0 saturated heterocycles. The number of hydrogen-bond acceptors (Lipinski definition) is 6. The van der Waals surface area contributed by atoms with Gasteiger partial charge in [0.1, 0.15) is 5.75 Å². The molecule has 0 aliphatic carbocycles. The number of carbonyl (C=O) groups excluding carboxylic acids is 2. The van der Waals surface area contributed by atoms with E-state index in [2.05, 4.69) is 10.5 Å². The molecule has 0 atom stereocenters. The van der Waals surface area contributed by atoms with E-state index in [1.165, 1.54) is 6.07 Å². The Morgan fingerprint density at radius 3 is 2.70 bits per heavy atom. The Kier molecular flexibility index (Phi) is 5.51. The SMILES string of the molecule is CCOC(=O)c1ccccc1NC(=O)c1cc(-c2cccc(OC)c2)on1. The topological polar surface area (TPSA) is 90.7 Å². The maximum atomic E-state index is 12.5. The predicted octanol–water partition coefficient (Wildman–Crippen LogP) is 3.78. The van der Waals surface area contributed by atoms with Crippen molar-refractivity contribution in [3.63, 3.8) is 0 Å². The van der Waals surface area contributed by atoms with Gasteiger partial charge in [0, 0.05) is 11.6 Å². The molecule has 0 radical (unpaired) electrons. The van der Waals surface area contributed by atoms with Gasteiger partial charge in [-0.1, -0.05) is 29.4 Å². The van der Waals surface area contributed by atoms with Crippen LogP contribution in [0, 0.1) is 0 Å². The molecular weight excluding hydrogens is 348 g/mol. The summed E-state index contributed by atoms with van der Waals surface area (Å²) in [5, 5.41) is 6.48. The number of hydrogen-bond donors (Lipinski definition) is 1. The zero-order valence-electron chi connectivity index (χ0n) is 14.9. The number of rotatable bonds is 6. The summed E-state index contributed by atoms with van der Waals surface area (Å²) in [6, 6.07) is 15.3. The molecule has 7 heteroatoms. The highest BCUT2D eigenvalue weighted by Crippen LogP contribution is 2.25. The van der Waals surface area contributed by atoms with E-state index in [-0.39, 0.29) is 17.9 Å². The van der Waals surface area contributed by atoms with Crippen molar-refractivity contribution in [2.24, 2.45) is 0 Å². The van der Waals surface area contributed by atoms with Gasteiger partial charge in [0.15, 0.2) is 11.5 Å². The molecule has 1 heterocycles. The van der Waals surface area contributed by atoms with Gasteiger partial charge in [-0.15, -0.1) is 0 Å². The Morgan fingerprint density at radius 1 is 1.11 bits per heavy atom. The monoisotopic (exact) mass is 366 g/mol. The molecular formula is C20H18N2O5. The molecule has 3 aromatic rings. The third-order valence-electron chi connectivity index (χ3n) is 3.77. The minimum Gasteiger partial charge on any atom is -0.497 e. The number of para-hydroxylation sites is 1. The molecule has 3 rings (SSSR count). The molecule has 0 saturated carbocycles. The fourth-order valence-corrected chi connectivity index (χ4v) is 2.46. The highest BCUT2D eigenvalue weighted by atomic mass is 16.5. The van der Waals surface area contributed by atoms with Crippen molar-refractivity contribution in [2.45, 2.75) is 6.92 Å². The van der Waals surface area contributed by atoms with E-state index in [0.29, 0.717) is 17.2 Å². The molecule has 1 aromatic heterocycles. The Hall–Kier alpha value is -3.61. The molecule has 0 fully saturated rings. The average Bonchev–Trinajstić information content (AvgIpc) is 3.19. The summed E-state index contributed by atoms with van der Waals surface area (Å²) >= 11 is 0. The maximum absolute atomic E-state index is 12.5. The van der Waals surface area contributed by atoms with Crippen molar-refractivity contribution in [3.8, 4) is 17.1 Å². The van der Waals surface area contributed by atoms with Crippen LogP contribution < -0.4 is 10.1 Å². The van der Waals surface area contributed by atoms with Crippen LogP contribution in [0.1, 0.15) is 27.8 Å². The molecule has 2 aromatic carbocycles. The zero-order chi connectivity index (χ0) is 19.2. The zero-order valence-corrected chi connectivity index (χ0v) is 14.9. The van der Waals surface area contributed by atoms with Crippen LogP contribution in [0.4, 0.5) is 5.69 Å². The second kappa shape index (κ2) is 8.18. The lowest BCUT2D eigenvalue weighted by atomic mass is 10.1. The normalized spacial score (nSPS) is 10.3. The fourth-order valence-electron chi connectivity index (χ4n) is 2.46. The maximum Gasteiger partial charge on any atom is 0.340 e. The van der Waals surface area contributed by atoms with E-state index in [4.69, 9.17) is 14.0 Å². The van der Waals surface area contributed by atoms with E-state index in [1.54, 1.807) is 50.4 Å². The number of esters is 1. The number of methoxy groups -OCH3 is 1. The summed E-state index contributed by atoms with van der Waals surface area (Å²) in [4.78, 5) is 24.5. The molecule has 1 amide bonds. The molecule has 0 bridgehead atoms. The summed E-state index contributed by atoms with van der Waals surface area (Å²) < 4.78 is 15.5. The molecule has 0 spiro atoms. The largest absolute Gasteiger partial charge is 0.497 e. The van der Waals surface area contributed by atoms with Crippen molar-refractivity contribution in [1.29, 1.82) is 0 Å². The van der Waals surface area contributed by atoms with Gasteiger partial charge in [-0.2, -0.15) is 0 Å². The fraction of sp³-hybridized carbons (Fsp3) is 0.150. The highest BCUT2D eigenvalue weighted by Gasteiger charge is 2.18. The van der Waals surface area contributed by atoms with Crippen LogP contribution >= 0.6 is 0 Å². The standard InChI is InChI=1S/C20H18N2O5/c1-3-26-20(24)15-9-4-5-10-16(15)21-19(23)17-12-18(27-22-17)13-7-6-8-14(11-13)25-2/h4-12H,3H2,1-2H3,(H,21,23). The summed E-state index contributed by atoms with van der Waals surface area (Å²) in [6.07, 6.45) is 0. The summed E-state index contributed by atoms with van der Waals surface area (Å²) in [5.74, 6) is 0.0891. The number of benzene rings is 2. The van der Waals surface area contributed by atoms with Crippen LogP contribution in [0.3, 0.4) is 0 Å². The minimum absolute atomic E-state index is 0.0893. The van der Waals surface area contributed by atoms with Crippen molar-refractivity contribution in [2.75, 3.05) is 19.0 Å². The summed E-state index contributed by atoms with van der Waals surface area (Å²) in [5.41, 5.74) is 1.43. The Morgan fingerprint density at radius 2 is 1.93 bits per heavy atom. The molecule has 1 N–H and O–H groups in total. The quantitative estimate of drug-likeness (QED) is 0.668. The van der Waals surface area contributed by atoms with E-state index in [9.17, 15) is 9.59 Å². The van der Waals surface area contributed by atoms with Gasteiger partial charge in [0.2, 0.25) is 0 Å². The Labute approximate surface area is 155 Å². The number of nitrogens with one attached hydrogen (secondary N) is 1.